The SMILES string of the molecule is c1ccc(-c2ccc3nc(-c4ccc(-c5cc(-c6ccc(-c7ccc8c(c7)nc(-c7ccc(-c9cccc%10c9oc9c(-c%11nc(-c%12ccccc%12)nc(-c%12ccccc%12)n%11)cccc9%10)cc7)n8-c7ccccc7)cc6)cc6c5oc5c(-c7nc(-c8ccccc8)nc(-c8ccccc8)n7)cccc56)cc4)n(-c4ccccc4)c3c2)cc1. The highest BCUT2D eigenvalue weighted by molar-refractivity contribution is 6.15. The predicted octanol–water partition coefficient (Wildman–Crippen LogP) is 26.2. The van der Waals surface area contributed by atoms with Crippen LogP contribution in [0.15, 0.2) is 397 Å². The summed E-state index contributed by atoms with van der Waals surface area (Å²) in [5.74, 6) is 5.03. The molecule has 0 radical (unpaired) electrons. The first kappa shape index (κ1) is 67.0. The van der Waals surface area contributed by atoms with Crippen molar-refractivity contribution in [3.63, 3.8) is 0 Å². The number of hydrogen-bond donors (Lipinski definition) is 0. The van der Waals surface area contributed by atoms with Crippen LogP contribution < -0.4 is 0 Å². The lowest BCUT2D eigenvalue weighted by molar-refractivity contribution is 0.670. The quantitative estimate of drug-likeness (QED) is 0.0974. The van der Waals surface area contributed by atoms with Crippen LogP contribution in [0.3, 0.4) is 0 Å². The summed E-state index contributed by atoms with van der Waals surface area (Å²) in [5, 5.41) is 3.87. The minimum Gasteiger partial charge on any atom is -0.455 e. The van der Waals surface area contributed by atoms with Crippen molar-refractivity contribution in [2.45, 2.75) is 0 Å². The lowest BCUT2D eigenvalue weighted by Crippen LogP contribution is -2.00. The van der Waals surface area contributed by atoms with E-state index < -0.39 is 0 Å². The van der Waals surface area contributed by atoms with Gasteiger partial charge in [-0.3, -0.25) is 9.13 Å². The molecule has 12 heteroatoms. The molecule has 0 saturated carbocycles. The molecule has 0 atom stereocenters. The number of hydrogen-bond acceptors (Lipinski definition) is 10. The zero-order valence-electron chi connectivity index (χ0n) is 62.2. The molecule has 0 fully saturated rings. The molecule has 0 saturated heterocycles. The van der Waals surface area contributed by atoms with E-state index in [1.54, 1.807) is 0 Å². The Kier molecular flexibility index (Phi) is 16.2. The molecule has 542 valence electrons. The highest BCUT2D eigenvalue weighted by atomic mass is 16.3. The van der Waals surface area contributed by atoms with Crippen LogP contribution >= 0.6 is 0 Å². The minimum atomic E-state index is 0.511. The molecule has 16 aromatic carbocycles. The number of imidazole rings is 2. The fourth-order valence-corrected chi connectivity index (χ4v) is 16.2. The van der Waals surface area contributed by atoms with Crippen molar-refractivity contribution in [2.75, 3.05) is 0 Å². The Labute approximate surface area is 666 Å². The van der Waals surface area contributed by atoms with Gasteiger partial charge >= 0.3 is 0 Å². The smallest absolute Gasteiger partial charge is 0.167 e. The first-order valence-corrected chi connectivity index (χ1v) is 38.7. The molecule has 22 rings (SSSR count). The molecule has 116 heavy (non-hydrogen) atoms. The molecule has 0 amide bonds. The number of fused-ring (bicyclic) bond motifs is 8. The zero-order chi connectivity index (χ0) is 76.6. The van der Waals surface area contributed by atoms with E-state index in [0.29, 0.717) is 46.1 Å². The van der Waals surface area contributed by atoms with Gasteiger partial charge in [-0.1, -0.05) is 315 Å². The fourth-order valence-electron chi connectivity index (χ4n) is 16.2. The largest absolute Gasteiger partial charge is 0.455 e. The van der Waals surface area contributed by atoms with Crippen LogP contribution in [-0.4, -0.2) is 49.0 Å². The second-order valence-corrected chi connectivity index (χ2v) is 28.9. The first-order valence-electron chi connectivity index (χ1n) is 38.7. The van der Waals surface area contributed by atoms with Gasteiger partial charge in [0.25, 0.3) is 0 Å². The molecule has 0 bridgehead atoms. The minimum absolute atomic E-state index is 0.511. The summed E-state index contributed by atoms with van der Waals surface area (Å²) in [7, 11) is 0. The molecular weight excluding hydrogens is 1420 g/mol. The number of rotatable bonds is 15. The molecule has 22 aromatic rings. The number of para-hydroxylation sites is 5. The zero-order valence-corrected chi connectivity index (χ0v) is 62.2. The van der Waals surface area contributed by atoms with Crippen LogP contribution in [0, 0.1) is 0 Å². The van der Waals surface area contributed by atoms with Gasteiger partial charge in [0, 0.05) is 77.4 Å². The van der Waals surface area contributed by atoms with Crippen LogP contribution in [0.25, 0.3) is 224 Å². The van der Waals surface area contributed by atoms with Gasteiger partial charge in [0.2, 0.25) is 0 Å². The van der Waals surface area contributed by atoms with Crippen molar-refractivity contribution in [1.82, 2.24) is 49.0 Å². The molecule has 0 unspecified atom stereocenters. The summed E-state index contributed by atoms with van der Waals surface area (Å²) in [4.78, 5) is 41.4. The summed E-state index contributed by atoms with van der Waals surface area (Å²) in [6, 6.07) is 134. The average Bonchev–Trinajstić information content (AvgIpc) is 1.61. The Bertz CT molecular complexity index is 7390. The summed E-state index contributed by atoms with van der Waals surface area (Å²) >= 11 is 0. The van der Waals surface area contributed by atoms with Crippen molar-refractivity contribution in [2.24, 2.45) is 0 Å². The summed E-state index contributed by atoms with van der Waals surface area (Å²) in [6.07, 6.45) is 0. The third-order valence-electron chi connectivity index (χ3n) is 21.9. The summed E-state index contributed by atoms with van der Waals surface area (Å²) in [6.45, 7) is 0. The van der Waals surface area contributed by atoms with E-state index in [1.807, 2.05) is 146 Å². The van der Waals surface area contributed by atoms with Gasteiger partial charge in [-0.15, -0.1) is 0 Å². The van der Waals surface area contributed by atoms with Crippen molar-refractivity contribution in [1.29, 1.82) is 0 Å². The predicted molar refractivity (Wildman–Crippen MR) is 468 cm³/mol. The molecular formula is C104H64N10O2. The molecule has 0 aliphatic carbocycles. The van der Waals surface area contributed by atoms with Crippen LogP contribution in [0.5, 0.6) is 0 Å². The lowest BCUT2D eigenvalue weighted by Gasteiger charge is -2.12. The fraction of sp³-hybridized carbons (Fsp3) is 0. The number of furan rings is 2. The van der Waals surface area contributed by atoms with Crippen molar-refractivity contribution in [3.05, 3.63) is 388 Å². The third-order valence-corrected chi connectivity index (χ3v) is 21.9. The maximum absolute atomic E-state index is 7.32. The highest BCUT2D eigenvalue weighted by Crippen LogP contribution is 2.46. The van der Waals surface area contributed by atoms with E-state index in [0.717, 1.165) is 178 Å². The monoisotopic (exact) mass is 1480 g/mol. The van der Waals surface area contributed by atoms with Crippen molar-refractivity contribution in [3.8, 4) is 158 Å². The molecule has 0 N–H and O–H groups in total. The Balaban J connectivity index is 0.626. The van der Waals surface area contributed by atoms with Crippen molar-refractivity contribution < 1.29 is 8.83 Å². The highest BCUT2D eigenvalue weighted by Gasteiger charge is 2.26. The number of benzene rings is 16. The number of aromatic nitrogens is 10. The standard InChI is InChI=1S/C104H64N10O2/c1-8-25-65(26-9-1)77-57-59-89-92(64-77)114(80-37-20-7-21-38-80)103(105-89)74-55-51-69(52-56-74)87-61-78(62-88-84-42-24-44-86(95(84)116-96(87)88)102-111-99(72-31-14-4-15-32-72)108-100(112-102)73-33-16-5-17-34-73)67-47-45-66(46-48-67)76-58-60-91-90(63-76)106-104(113(91)79-35-18-6-19-36-79)75-53-49-68(50-54-75)81-39-22-40-82-83-41-23-43-85(94(83)115-93(81)82)101-109-97(70-27-10-2-11-28-70)107-98(110-101)71-29-12-3-13-30-71/h1-64H. The normalized spacial score (nSPS) is 11.6. The molecule has 6 heterocycles. The Morgan fingerprint density at radius 2 is 0.500 bits per heavy atom. The van der Waals surface area contributed by atoms with Crippen LogP contribution in [0.4, 0.5) is 0 Å². The van der Waals surface area contributed by atoms with Gasteiger partial charge in [-0.2, -0.15) is 0 Å². The summed E-state index contributed by atoms with van der Waals surface area (Å²) < 4.78 is 18.9. The Morgan fingerprint density at radius 1 is 0.172 bits per heavy atom. The Hall–Kier alpha value is -15.9. The topological polar surface area (TPSA) is 139 Å². The van der Waals surface area contributed by atoms with Gasteiger partial charge < -0.3 is 8.83 Å². The molecule has 6 aromatic heterocycles. The van der Waals surface area contributed by atoms with Gasteiger partial charge in [0.15, 0.2) is 34.9 Å². The van der Waals surface area contributed by atoms with Gasteiger partial charge in [0.05, 0.1) is 33.2 Å². The van der Waals surface area contributed by atoms with E-state index in [4.69, 9.17) is 48.7 Å². The van der Waals surface area contributed by atoms with E-state index in [9.17, 15) is 0 Å². The van der Waals surface area contributed by atoms with E-state index in [1.165, 1.54) is 0 Å². The molecule has 0 aliphatic rings. The second-order valence-electron chi connectivity index (χ2n) is 28.9. The van der Waals surface area contributed by atoms with Gasteiger partial charge in [0.1, 0.15) is 34.0 Å². The Morgan fingerprint density at radius 3 is 0.974 bits per heavy atom. The maximum atomic E-state index is 7.32. The second kappa shape index (κ2) is 28.1. The lowest BCUT2D eigenvalue weighted by atomic mass is 9.94. The average molecular weight is 1490 g/mol. The number of nitrogens with zero attached hydrogens (tertiary/aromatic N) is 10. The molecule has 0 aliphatic heterocycles. The van der Waals surface area contributed by atoms with Crippen LogP contribution in [0.2, 0.25) is 0 Å². The van der Waals surface area contributed by atoms with Crippen LogP contribution in [-0.2, 0) is 0 Å². The maximum Gasteiger partial charge on any atom is 0.167 e. The molecule has 12 nitrogen and oxygen atoms in total. The van der Waals surface area contributed by atoms with E-state index in [2.05, 4.69) is 252 Å². The van der Waals surface area contributed by atoms with E-state index in [-0.39, 0.29) is 0 Å². The van der Waals surface area contributed by atoms with Gasteiger partial charge in [-0.05, 0) is 117 Å². The first-order chi connectivity index (χ1) is 57.5. The third kappa shape index (κ3) is 12.0. The summed E-state index contributed by atoms with van der Waals surface area (Å²) in [5.41, 5.74) is 26.1. The van der Waals surface area contributed by atoms with Crippen LogP contribution in [0.1, 0.15) is 0 Å². The van der Waals surface area contributed by atoms with E-state index >= 15 is 0 Å². The molecule has 0 spiro atoms. The van der Waals surface area contributed by atoms with Crippen molar-refractivity contribution >= 4 is 65.9 Å². The van der Waals surface area contributed by atoms with Gasteiger partial charge in [-0.25, -0.2) is 39.9 Å².